The van der Waals surface area contributed by atoms with Gasteiger partial charge in [0.05, 0.1) is 17.2 Å². The van der Waals surface area contributed by atoms with Crippen molar-refractivity contribution < 1.29 is 8.78 Å². The lowest BCUT2D eigenvalue weighted by atomic mass is 9.85. The number of hydrogen-bond donors (Lipinski definition) is 1. The number of benzene rings is 1. The van der Waals surface area contributed by atoms with Crippen molar-refractivity contribution in [1.29, 1.82) is 0 Å². The molecule has 2 saturated heterocycles. The normalized spacial score (nSPS) is 24.2. The summed E-state index contributed by atoms with van der Waals surface area (Å²) in [7, 11) is 0. The van der Waals surface area contributed by atoms with Crippen molar-refractivity contribution in [2.75, 3.05) is 24.5 Å². The van der Waals surface area contributed by atoms with E-state index in [9.17, 15) is 8.78 Å². The van der Waals surface area contributed by atoms with Crippen LogP contribution < -0.4 is 10.2 Å². The fourth-order valence-corrected chi connectivity index (χ4v) is 2.98. The molecule has 1 aromatic heterocycles. The Bertz CT molecular complexity index is 681. The van der Waals surface area contributed by atoms with Crippen LogP contribution in [0, 0.1) is 17.6 Å². The Morgan fingerprint density at radius 3 is 2.62 bits per heavy atom. The average Bonchev–Trinajstić information content (AvgIpc) is 2.41. The zero-order chi connectivity index (χ0) is 13.7. The lowest BCUT2D eigenvalue weighted by molar-refractivity contribution is 0.196. The topological polar surface area (TPSA) is 41.1 Å². The highest BCUT2D eigenvalue weighted by atomic mass is 35.5. The number of piperidine rings is 1. The summed E-state index contributed by atoms with van der Waals surface area (Å²) in [6.07, 6.45) is 2.77. The summed E-state index contributed by atoms with van der Waals surface area (Å²) in [4.78, 5) is 10.8. The monoisotopic (exact) mass is 312 g/mol. The van der Waals surface area contributed by atoms with Crippen LogP contribution in [0.1, 0.15) is 6.42 Å². The van der Waals surface area contributed by atoms with E-state index in [-0.39, 0.29) is 12.4 Å². The Labute approximate surface area is 127 Å². The van der Waals surface area contributed by atoms with Crippen LogP contribution in [0.25, 0.3) is 11.0 Å². The third-order valence-corrected chi connectivity index (χ3v) is 4.29. The summed E-state index contributed by atoms with van der Waals surface area (Å²) in [6.45, 7) is 2.94. The molecule has 4 rings (SSSR count). The second-order valence-corrected chi connectivity index (χ2v) is 5.49. The lowest BCUT2D eigenvalue weighted by Gasteiger charge is -2.46. The minimum absolute atomic E-state index is 0. The van der Waals surface area contributed by atoms with Gasteiger partial charge in [-0.3, -0.25) is 4.98 Å². The van der Waals surface area contributed by atoms with E-state index < -0.39 is 11.6 Å². The first-order chi connectivity index (χ1) is 9.70. The fraction of sp³-hybridized carbons (Fsp3) is 0.429. The zero-order valence-corrected chi connectivity index (χ0v) is 12.0. The van der Waals surface area contributed by atoms with Crippen LogP contribution in [-0.2, 0) is 0 Å². The molecule has 0 spiro atoms. The number of halogens is 3. The Hall–Kier alpha value is -1.53. The fourth-order valence-electron chi connectivity index (χ4n) is 2.98. The van der Waals surface area contributed by atoms with Crippen LogP contribution in [-0.4, -0.2) is 35.6 Å². The zero-order valence-electron chi connectivity index (χ0n) is 11.2. The van der Waals surface area contributed by atoms with Crippen molar-refractivity contribution in [3.8, 4) is 0 Å². The van der Waals surface area contributed by atoms with Gasteiger partial charge in [-0.25, -0.2) is 13.8 Å². The van der Waals surface area contributed by atoms with Gasteiger partial charge >= 0.3 is 0 Å². The van der Waals surface area contributed by atoms with E-state index >= 15 is 0 Å². The summed E-state index contributed by atoms with van der Waals surface area (Å²) in [5, 5.41) is 3.40. The van der Waals surface area contributed by atoms with Crippen LogP contribution in [0.5, 0.6) is 0 Å². The van der Waals surface area contributed by atoms with Gasteiger partial charge in [-0.05, 0) is 18.9 Å². The summed E-state index contributed by atoms with van der Waals surface area (Å²) in [6, 6.07) is 2.71. The molecule has 0 radical (unpaired) electrons. The van der Waals surface area contributed by atoms with Gasteiger partial charge in [-0.15, -0.1) is 12.4 Å². The molecular formula is C14H15ClF2N4. The van der Waals surface area contributed by atoms with Gasteiger partial charge in [0.25, 0.3) is 0 Å². The maximum absolute atomic E-state index is 13.3. The Kier molecular flexibility index (Phi) is 3.67. The predicted molar refractivity (Wildman–Crippen MR) is 78.8 cm³/mol. The molecule has 2 fully saturated rings. The van der Waals surface area contributed by atoms with Crippen molar-refractivity contribution in [1.82, 2.24) is 15.3 Å². The largest absolute Gasteiger partial charge is 0.354 e. The molecule has 3 heterocycles. The van der Waals surface area contributed by atoms with Crippen molar-refractivity contribution in [3.05, 3.63) is 30.0 Å². The number of fused-ring (bicyclic) bond motifs is 2. The molecule has 2 atom stereocenters. The van der Waals surface area contributed by atoms with Crippen LogP contribution in [0.2, 0.25) is 0 Å². The van der Waals surface area contributed by atoms with Gasteiger partial charge < -0.3 is 10.2 Å². The highest BCUT2D eigenvalue weighted by Crippen LogP contribution is 2.27. The molecule has 2 unspecified atom stereocenters. The molecule has 2 aliphatic heterocycles. The Morgan fingerprint density at radius 2 is 1.95 bits per heavy atom. The van der Waals surface area contributed by atoms with Gasteiger partial charge in [0.1, 0.15) is 5.82 Å². The van der Waals surface area contributed by atoms with Gasteiger partial charge in [0.15, 0.2) is 11.6 Å². The summed E-state index contributed by atoms with van der Waals surface area (Å²) in [5.74, 6) is -0.274. The second-order valence-electron chi connectivity index (χ2n) is 5.49. The van der Waals surface area contributed by atoms with Crippen LogP contribution in [0.15, 0.2) is 18.3 Å². The number of hydrogen-bond acceptors (Lipinski definition) is 4. The predicted octanol–water partition coefficient (Wildman–Crippen LogP) is 2.13. The van der Waals surface area contributed by atoms with E-state index in [1.807, 2.05) is 0 Å². The smallest absolute Gasteiger partial charge is 0.161 e. The minimum Gasteiger partial charge on any atom is -0.354 e. The summed E-state index contributed by atoms with van der Waals surface area (Å²) in [5.41, 5.74) is 0.773. The van der Waals surface area contributed by atoms with E-state index in [1.54, 1.807) is 6.20 Å². The molecule has 0 saturated carbocycles. The molecule has 0 bridgehead atoms. The maximum atomic E-state index is 13.3. The number of anilines is 1. The molecule has 0 amide bonds. The first-order valence-electron chi connectivity index (χ1n) is 6.81. The van der Waals surface area contributed by atoms with E-state index in [2.05, 4.69) is 20.2 Å². The Balaban J connectivity index is 0.00000132. The van der Waals surface area contributed by atoms with Crippen LogP contribution in [0.4, 0.5) is 14.6 Å². The molecule has 1 aromatic carbocycles. The van der Waals surface area contributed by atoms with E-state index in [0.717, 1.165) is 49.9 Å². The number of aromatic nitrogens is 2. The van der Waals surface area contributed by atoms with Crippen LogP contribution in [0.3, 0.4) is 0 Å². The molecule has 7 heteroatoms. The van der Waals surface area contributed by atoms with Crippen molar-refractivity contribution in [2.24, 2.45) is 5.92 Å². The van der Waals surface area contributed by atoms with Crippen molar-refractivity contribution >= 4 is 29.3 Å². The molecule has 112 valence electrons. The number of nitrogens with zero attached hydrogens (tertiary/aromatic N) is 3. The van der Waals surface area contributed by atoms with E-state index in [4.69, 9.17) is 0 Å². The third-order valence-electron chi connectivity index (χ3n) is 4.29. The van der Waals surface area contributed by atoms with Gasteiger partial charge in [0, 0.05) is 31.3 Å². The van der Waals surface area contributed by atoms with E-state index in [1.165, 1.54) is 0 Å². The first-order valence-corrected chi connectivity index (χ1v) is 6.81. The number of nitrogens with one attached hydrogen (secondary N) is 1. The average molecular weight is 313 g/mol. The van der Waals surface area contributed by atoms with Crippen molar-refractivity contribution in [3.63, 3.8) is 0 Å². The molecular weight excluding hydrogens is 298 g/mol. The summed E-state index contributed by atoms with van der Waals surface area (Å²) >= 11 is 0. The maximum Gasteiger partial charge on any atom is 0.161 e. The first kappa shape index (κ1) is 14.4. The lowest BCUT2D eigenvalue weighted by Crippen LogP contribution is -2.62. The molecule has 2 aliphatic rings. The molecule has 4 nitrogen and oxygen atoms in total. The minimum atomic E-state index is -0.890. The van der Waals surface area contributed by atoms with Gasteiger partial charge in [-0.1, -0.05) is 0 Å². The van der Waals surface area contributed by atoms with Crippen LogP contribution >= 0.6 is 12.4 Å². The highest BCUT2D eigenvalue weighted by molar-refractivity contribution is 5.85. The SMILES string of the molecule is Cl.Fc1cc2ncc(N3CCC4CNC4C3)nc2cc1F. The van der Waals surface area contributed by atoms with Gasteiger partial charge in [-0.2, -0.15) is 0 Å². The summed E-state index contributed by atoms with van der Waals surface area (Å²) < 4.78 is 26.4. The highest BCUT2D eigenvalue weighted by Gasteiger charge is 2.35. The second kappa shape index (κ2) is 5.35. The molecule has 2 aromatic rings. The van der Waals surface area contributed by atoms with E-state index in [0.29, 0.717) is 17.1 Å². The molecule has 0 aliphatic carbocycles. The third kappa shape index (κ3) is 2.42. The van der Waals surface area contributed by atoms with Gasteiger partial charge in [0.2, 0.25) is 0 Å². The molecule has 21 heavy (non-hydrogen) atoms. The molecule has 1 N–H and O–H groups in total. The standard InChI is InChI=1S/C14H14F2N4.ClH/c15-9-3-11-12(4-10(9)16)19-14(6-18-11)20-2-1-8-5-17-13(8)7-20;/h3-4,6,8,13,17H,1-2,5,7H2;1H. The van der Waals surface area contributed by atoms with Crippen molar-refractivity contribution in [2.45, 2.75) is 12.5 Å². The Morgan fingerprint density at radius 1 is 1.19 bits per heavy atom. The quantitative estimate of drug-likeness (QED) is 0.876. The number of rotatable bonds is 1.